The molecule has 2 aromatic carbocycles. The molecule has 1 aliphatic rings. The number of carbonyl (C=O) groups excluding carboxylic acids is 1. The van der Waals surface area contributed by atoms with Crippen LogP contribution in [0.1, 0.15) is 23.2 Å². The zero-order valence-electron chi connectivity index (χ0n) is 20.2. The highest BCUT2D eigenvalue weighted by Gasteiger charge is 2.23. The van der Waals surface area contributed by atoms with Crippen LogP contribution in [-0.4, -0.2) is 60.7 Å². The van der Waals surface area contributed by atoms with Crippen LogP contribution < -0.4 is 10.7 Å². The van der Waals surface area contributed by atoms with Crippen molar-refractivity contribution in [3.63, 3.8) is 0 Å². The van der Waals surface area contributed by atoms with Gasteiger partial charge in [0.1, 0.15) is 5.69 Å². The van der Waals surface area contributed by atoms with Crippen LogP contribution in [0.5, 0.6) is 0 Å². The molecule has 36 heavy (non-hydrogen) atoms. The maximum Gasteiger partial charge on any atom is 0.411 e. The number of aromatic nitrogens is 2. The number of nitriles is 1. The van der Waals surface area contributed by atoms with Gasteiger partial charge in [0.25, 0.3) is 0 Å². The summed E-state index contributed by atoms with van der Waals surface area (Å²) in [7, 11) is 1.69. The van der Waals surface area contributed by atoms with Gasteiger partial charge in [0.05, 0.1) is 30.5 Å². The Bertz CT molecular complexity index is 1300. The molecule has 1 N–H and O–H groups in total. The third-order valence-corrected chi connectivity index (χ3v) is 6.10. The van der Waals surface area contributed by atoms with Crippen molar-refractivity contribution in [2.24, 2.45) is 5.92 Å². The Labute approximate surface area is 209 Å². The monoisotopic (exact) mass is 487 g/mol. The molecule has 1 fully saturated rings. The number of nitrogens with one attached hydrogen (secondary N) is 1. The Morgan fingerprint density at radius 3 is 2.92 bits per heavy atom. The third-order valence-electron chi connectivity index (χ3n) is 6.10. The van der Waals surface area contributed by atoms with Gasteiger partial charge in [-0.25, -0.2) is 9.48 Å². The topological polar surface area (TPSA) is 109 Å². The van der Waals surface area contributed by atoms with Crippen molar-refractivity contribution in [3.8, 4) is 11.8 Å². The molecule has 186 valence electrons. The van der Waals surface area contributed by atoms with Crippen LogP contribution in [0.3, 0.4) is 0 Å². The predicted octanol–water partition coefficient (Wildman–Crippen LogP) is 3.21. The average Bonchev–Trinajstić information content (AvgIpc) is 3.35. The standard InChI is InChI=1S/C27H29N5O4/c1-35-13-12-31-10-8-22(18-31)19-36-27(34)29-23-6-2-4-20(14-23)16-25-26(33)9-11-32(30-25)24-7-3-5-21(15-24)17-28/h2-7,9,11,14-15,22H,8,10,12-13,16,18-19H2,1H3,(H,29,34). The first-order valence-corrected chi connectivity index (χ1v) is 11.9. The van der Waals surface area contributed by atoms with Crippen molar-refractivity contribution < 1.29 is 14.3 Å². The number of anilines is 1. The number of hydrogen-bond acceptors (Lipinski definition) is 7. The van der Waals surface area contributed by atoms with E-state index < -0.39 is 6.09 Å². The Morgan fingerprint density at radius 2 is 2.08 bits per heavy atom. The van der Waals surface area contributed by atoms with Crippen LogP contribution in [0.15, 0.2) is 65.6 Å². The summed E-state index contributed by atoms with van der Waals surface area (Å²) in [6.45, 7) is 3.84. The quantitative estimate of drug-likeness (QED) is 0.494. The predicted molar refractivity (Wildman–Crippen MR) is 135 cm³/mol. The number of rotatable bonds is 9. The summed E-state index contributed by atoms with van der Waals surface area (Å²) in [5, 5.41) is 16.4. The maximum atomic E-state index is 12.5. The van der Waals surface area contributed by atoms with Crippen LogP contribution in [0, 0.1) is 17.2 Å². The lowest BCUT2D eigenvalue weighted by Crippen LogP contribution is -2.26. The van der Waals surface area contributed by atoms with E-state index in [1.807, 2.05) is 18.2 Å². The van der Waals surface area contributed by atoms with Crippen molar-refractivity contribution in [1.82, 2.24) is 14.7 Å². The molecule has 1 unspecified atom stereocenters. The van der Waals surface area contributed by atoms with Gasteiger partial charge in [-0.3, -0.25) is 10.1 Å². The molecule has 1 aliphatic heterocycles. The molecule has 0 bridgehead atoms. The van der Waals surface area contributed by atoms with Gasteiger partial charge in [0.2, 0.25) is 5.43 Å². The minimum absolute atomic E-state index is 0.184. The molecule has 0 aliphatic carbocycles. The third kappa shape index (κ3) is 6.78. The first-order valence-electron chi connectivity index (χ1n) is 11.9. The fraction of sp³-hybridized carbons (Fsp3) is 0.333. The van der Waals surface area contributed by atoms with Crippen molar-refractivity contribution in [3.05, 3.63) is 87.8 Å². The first-order chi connectivity index (χ1) is 17.5. The summed E-state index contributed by atoms with van der Waals surface area (Å²) < 4.78 is 12.1. The van der Waals surface area contributed by atoms with Gasteiger partial charge in [0, 0.05) is 50.5 Å². The minimum atomic E-state index is -0.500. The number of nitrogens with zero attached hydrogens (tertiary/aromatic N) is 4. The summed E-state index contributed by atoms with van der Waals surface area (Å²) in [5.41, 5.74) is 2.79. The summed E-state index contributed by atoms with van der Waals surface area (Å²) in [4.78, 5) is 27.1. The second-order valence-corrected chi connectivity index (χ2v) is 8.78. The molecule has 1 atom stereocenters. The number of hydrogen-bond donors (Lipinski definition) is 1. The van der Waals surface area contributed by atoms with Crippen molar-refractivity contribution in [1.29, 1.82) is 5.26 Å². The van der Waals surface area contributed by atoms with E-state index in [4.69, 9.17) is 14.7 Å². The van der Waals surface area contributed by atoms with Gasteiger partial charge >= 0.3 is 6.09 Å². The SMILES string of the molecule is COCCN1CCC(COC(=O)Nc2cccc(Cc3nn(-c4cccc(C#N)c4)ccc3=O)c2)C1. The van der Waals surface area contributed by atoms with Crippen LogP contribution in [0.2, 0.25) is 0 Å². The Hall–Kier alpha value is -4.00. The molecule has 0 saturated carbocycles. The first kappa shape index (κ1) is 25.1. The van der Waals surface area contributed by atoms with Gasteiger partial charge in [-0.2, -0.15) is 10.4 Å². The van der Waals surface area contributed by atoms with Gasteiger partial charge in [-0.1, -0.05) is 18.2 Å². The minimum Gasteiger partial charge on any atom is -0.449 e. The molecule has 2 heterocycles. The Morgan fingerprint density at radius 1 is 1.22 bits per heavy atom. The molecule has 0 spiro atoms. The van der Waals surface area contributed by atoms with E-state index in [0.29, 0.717) is 48.2 Å². The normalized spacial score (nSPS) is 15.4. The second-order valence-electron chi connectivity index (χ2n) is 8.78. The molecule has 9 heteroatoms. The fourth-order valence-electron chi connectivity index (χ4n) is 4.20. The summed E-state index contributed by atoms with van der Waals surface area (Å²) in [6, 6.07) is 17.8. The molecule has 3 aromatic rings. The summed E-state index contributed by atoms with van der Waals surface area (Å²) in [6.07, 6.45) is 2.37. The summed E-state index contributed by atoms with van der Waals surface area (Å²) >= 11 is 0. The van der Waals surface area contributed by atoms with Gasteiger partial charge in [-0.15, -0.1) is 0 Å². The molecule has 1 amide bonds. The number of likely N-dealkylation sites (tertiary alicyclic amines) is 1. The lowest BCUT2D eigenvalue weighted by atomic mass is 10.1. The van der Waals surface area contributed by atoms with Crippen LogP contribution >= 0.6 is 0 Å². The summed E-state index contributed by atoms with van der Waals surface area (Å²) in [5.74, 6) is 0.319. The van der Waals surface area contributed by atoms with Crippen LogP contribution in [0.4, 0.5) is 10.5 Å². The second kappa shape index (κ2) is 12.1. The van der Waals surface area contributed by atoms with E-state index in [1.165, 1.54) is 6.07 Å². The lowest BCUT2D eigenvalue weighted by Gasteiger charge is -2.15. The number of amides is 1. The highest BCUT2D eigenvalue weighted by Crippen LogP contribution is 2.17. The molecule has 4 rings (SSSR count). The molecule has 9 nitrogen and oxygen atoms in total. The van der Waals surface area contributed by atoms with E-state index in [0.717, 1.165) is 31.6 Å². The van der Waals surface area contributed by atoms with E-state index in [1.54, 1.807) is 48.3 Å². The largest absolute Gasteiger partial charge is 0.449 e. The zero-order valence-corrected chi connectivity index (χ0v) is 20.2. The van der Waals surface area contributed by atoms with Gasteiger partial charge in [0.15, 0.2) is 0 Å². The van der Waals surface area contributed by atoms with E-state index in [2.05, 4.69) is 21.4 Å². The van der Waals surface area contributed by atoms with Gasteiger partial charge in [-0.05, 0) is 48.9 Å². The van der Waals surface area contributed by atoms with E-state index in [9.17, 15) is 9.59 Å². The van der Waals surface area contributed by atoms with Crippen LogP contribution in [-0.2, 0) is 15.9 Å². The van der Waals surface area contributed by atoms with Crippen molar-refractivity contribution in [2.75, 3.05) is 45.3 Å². The number of benzene rings is 2. The zero-order chi connectivity index (χ0) is 25.3. The highest BCUT2D eigenvalue weighted by molar-refractivity contribution is 5.84. The van der Waals surface area contributed by atoms with Gasteiger partial charge < -0.3 is 14.4 Å². The molecular weight excluding hydrogens is 458 g/mol. The fourth-order valence-corrected chi connectivity index (χ4v) is 4.20. The average molecular weight is 488 g/mol. The van der Waals surface area contributed by atoms with E-state index >= 15 is 0 Å². The Balaban J connectivity index is 1.35. The lowest BCUT2D eigenvalue weighted by molar-refractivity contribution is 0.134. The number of ether oxygens (including phenoxy) is 2. The number of carbonyl (C=O) groups is 1. The molecule has 1 saturated heterocycles. The molecule has 0 radical (unpaired) electrons. The molecular formula is C27H29N5O4. The maximum absolute atomic E-state index is 12.5. The Kier molecular flexibility index (Phi) is 8.44. The number of methoxy groups -OCH3 is 1. The smallest absolute Gasteiger partial charge is 0.411 e. The highest BCUT2D eigenvalue weighted by atomic mass is 16.5. The van der Waals surface area contributed by atoms with Crippen LogP contribution in [0.25, 0.3) is 5.69 Å². The van der Waals surface area contributed by atoms with Crippen molar-refractivity contribution >= 4 is 11.8 Å². The molecule has 1 aromatic heterocycles. The van der Waals surface area contributed by atoms with E-state index in [-0.39, 0.29) is 5.43 Å². The van der Waals surface area contributed by atoms with Crippen molar-refractivity contribution in [2.45, 2.75) is 12.8 Å².